The smallest absolute Gasteiger partial charge is 0.262 e. The Bertz CT molecular complexity index is 584. The van der Waals surface area contributed by atoms with E-state index in [0.29, 0.717) is 11.4 Å². The van der Waals surface area contributed by atoms with Crippen LogP contribution in [0.1, 0.15) is 0 Å². The molecule has 0 atom stereocenters. The monoisotopic (exact) mass is 383 g/mol. The Kier molecular flexibility index (Phi) is 5.23. The van der Waals surface area contributed by atoms with E-state index < -0.39 is 0 Å². The first-order valence-electron chi connectivity index (χ1n) is 5.99. The normalized spacial score (nSPS) is 9.90. The largest absolute Gasteiger partial charge is 0.497 e. The van der Waals surface area contributed by atoms with Gasteiger partial charge in [0.15, 0.2) is 6.61 Å². The van der Waals surface area contributed by atoms with E-state index in [1.807, 2.05) is 24.3 Å². The molecule has 2 rings (SSSR count). The molecule has 4 nitrogen and oxygen atoms in total. The Morgan fingerprint density at radius 1 is 1.15 bits per heavy atom. The van der Waals surface area contributed by atoms with Crippen LogP contribution in [0.15, 0.2) is 48.5 Å². The van der Waals surface area contributed by atoms with Crippen LogP contribution in [0.2, 0.25) is 0 Å². The van der Waals surface area contributed by atoms with Crippen molar-refractivity contribution in [1.82, 2.24) is 0 Å². The van der Waals surface area contributed by atoms with Gasteiger partial charge in [0.1, 0.15) is 11.5 Å². The lowest BCUT2D eigenvalue weighted by Gasteiger charge is -2.08. The maximum absolute atomic E-state index is 11.8. The van der Waals surface area contributed by atoms with Gasteiger partial charge in [0.05, 0.1) is 7.11 Å². The molecule has 0 bridgehead atoms. The van der Waals surface area contributed by atoms with Crippen LogP contribution in [-0.2, 0) is 4.79 Å². The highest BCUT2D eigenvalue weighted by Crippen LogP contribution is 2.16. The van der Waals surface area contributed by atoms with Gasteiger partial charge in [-0.3, -0.25) is 4.79 Å². The molecule has 104 valence electrons. The molecule has 0 heterocycles. The van der Waals surface area contributed by atoms with Gasteiger partial charge in [0.2, 0.25) is 0 Å². The average Bonchev–Trinajstić information content (AvgIpc) is 2.46. The summed E-state index contributed by atoms with van der Waals surface area (Å²) in [5.74, 6) is 1.23. The quantitative estimate of drug-likeness (QED) is 0.806. The number of carbonyl (C=O) groups is 1. The molecular formula is C15H14INO3. The lowest BCUT2D eigenvalue weighted by molar-refractivity contribution is -0.118. The summed E-state index contributed by atoms with van der Waals surface area (Å²) < 4.78 is 11.5. The predicted octanol–water partition coefficient (Wildman–Crippen LogP) is 3.32. The van der Waals surface area contributed by atoms with Gasteiger partial charge in [0.25, 0.3) is 5.91 Å². The van der Waals surface area contributed by atoms with E-state index in [9.17, 15) is 4.79 Å². The summed E-state index contributed by atoms with van der Waals surface area (Å²) >= 11 is 2.20. The molecule has 20 heavy (non-hydrogen) atoms. The van der Waals surface area contributed by atoms with E-state index in [-0.39, 0.29) is 12.5 Å². The molecular weight excluding hydrogens is 369 g/mol. The predicted molar refractivity (Wildman–Crippen MR) is 86.3 cm³/mol. The number of rotatable bonds is 5. The van der Waals surface area contributed by atoms with Gasteiger partial charge in [0, 0.05) is 9.26 Å². The zero-order chi connectivity index (χ0) is 14.4. The molecule has 0 spiro atoms. The fourth-order valence-electron chi connectivity index (χ4n) is 1.58. The van der Waals surface area contributed by atoms with E-state index in [4.69, 9.17) is 9.47 Å². The van der Waals surface area contributed by atoms with Gasteiger partial charge >= 0.3 is 0 Å². The molecule has 0 radical (unpaired) electrons. The van der Waals surface area contributed by atoms with Crippen LogP contribution >= 0.6 is 22.6 Å². The van der Waals surface area contributed by atoms with Crippen molar-refractivity contribution in [3.05, 3.63) is 52.1 Å². The minimum absolute atomic E-state index is 0.0217. The summed E-state index contributed by atoms with van der Waals surface area (Å²) in [6.45, 7) is -0.0217. The van der Waals surface area contributed by atoms with E-state index in [0.717, 1.165) is 9.32 Å². The molecule has 0 aliphatic carbocycles. The molecule has 0 unspecified atom stereocenters. The van der Waals surface area contributed by atoms with Crippen molar-refractivity contribution < 1.29 is 14.3 Å². The first-order valence-corrected chi connectivity index (χ1v) is 7.07. The van der Waals surface area contributed by atoms with Crippen molar-refractivity contribution in [2.45, 2.75) is 0 Å². The number of ether oxygens (including phenoxy) is 2. The molecule has 2 aromatic carbocycles. The highest BCUT2D eigenvalue weighted by Gasteiger charge is 2.04. The number of anilines is 1. The number of amides is 1. The van der Waals surface area contributed by atoms with Crippen molar-refractivity contribution in [2.75, 3.05) is 19.0 Å². The Hall–Kier alpha value is -1.76. The second-order valence-corrected chi connectivity index (χ2v) is 5.27. The summed E-state index contributed by atoms with van der Waals surface area (Å²) in [4.78, 5) is 11.8. The van der Waals surface area contributed by atoms with Gasteiger partial charge in [-0.05, 0) is 65.1 Å². The summed E-state index contributed by atoms with van der Waals surface area (Å²) in [7, 11) is 1.60. The zero-order valence-corrected chi connectivity index (χ0v) is 13.1. The molecule has 1 N–H and O–H groups in total. The summed E-state index contributed by atoms with van der Waals surface area (Å²) in [5.41, 5.74) is 0.710. The lowest BCUT2D eigenvalue weighted by Crippen LogP contribution is -2.20. The van der Waals surface area contributed by atoms with Crippen molar-refractivity contribution in [1.29, 1.82) is 0 Å². The van der Waals surface area contributed by atoms with Gasteiger partial charge in [-0.1, -0.05) is 6.07 Å². The molecule has 1 amide bonds. The van der Waals surface area contributed by atoms with Crippen LogP contribution in [0.4, 0.5) is 5.69 Å². The molecule has 0 saturated heterocycles. The minimum atomic E-state index is -0.200. The lowest BCUT2D eigenvalue weighted by atomic mass is 10.3. The average molecular weight is 383 g/mol. The molecule has 0 aliphatic rings. The highest BCUT2D eigenvalue weighted by atomic mass is 127. The van der Waals surface area contributed by atoms with E-state index in [1.54, 1.807) is 31.4 Å². The van der Waals surface area contributed by atoms with Crippen LogP contribution in [0, 0.1) is 3.57 Å². The highest BCUT2D eigenvalue weighted by molar-refractivity contribution is 14.1. The van der Waals surface area contributed by atoms with Crippen LogP contribution in [-0.4, -0.2) is 19.6 Å². The minimum Gasteiger partial charge on any atom is -0.497 e. The van der Waals surface area contributed by atoms with E-state index in [2.05, 4.69) is 27.9 Å². The number of halogens is 1. The first-order chi connectivity index (χ1) is 9.67. The number of methoxy groups -OCH3 is 1. The molecule has 0 aromatic heterocycles. The third kappa shape index (κ3) is 4.41. The molecule has 0 fully saturated rings. The van der Waals surface area contributed by atoms with Crippen LogP contribution in [0.25, 0.3) is 0 Å². The van der Waals surface area contributed by atoms with Crippen molar-refractivity contribution in [2.24, 2.45) is 0 Å². The van der Waals surface area contributed by atoms with Crippen LogP contribution in [0.3, 0.4) is 0 Å². The number of nitrogens with one attached hydrogen (secondary N) is 1. The van der Waals surface area contributed by atoms with Crippen LogP contribution < -0.4 is 14.8 Å². The Morgan fingerprint density at radius 2 is 1.90 bits per heavy atom. The van der Waals surface area contributed by atoms with E-state index in [1.165, 1.54) is 0 Å². The maximum Gasteiger partial charge on any atom is 0.262 e. The van der Waals surface area contributed by atoms with Gasteiger partial charge in [-0.15, -0.1) is 0 Å². The van der Waals surface area contributed by atoms with Crippen LogP contribution in [0.5, 0.6) is 11.5 Å². The second kappa shape index (κ2) is 7.14. The SMILES string of the molecule is COc1ccc(NC(=O)COc2cccc(I)c2)cc1. The van der Waals surface area contributed by atoms with Gasteiger partial charge in [-0.25, -0.2) is 0 Å². The topological polar surface area (TPSA) is 47.6 Å². The van der Waals surface area contributed by atoms with Gasteiger partial charge in [-0.2, -0.15) is 0 Å². The molecule has 0 aliphatic heterocycles. The third-order valence-electron chi connectivity index (χ3n) is 2.54. The Morgan fingerprint density at radius 3 is 2.55 bits per heavy atom. The maximum atomic E-state index is 11.8. The fourth-order valence-corrected chi connectivity index (χ4v) is 2.09. The van der Waals surface area contributed by atoms with Crippen molar-refractivity contribution in [3.63, 3.8) is 0 Å². The zero-order valence-electron chi connectivity index (χ0n) is 10.9. The molecule has 2 aromatic rings. The third-order valence-corrected chi connectivity index (χ3v) is 3.21. The molecule has 5 heteroatoms. The standard InChI is InChI=1S/C15H14INO3/c1-19-13-7-5-12(6-8-13)17-15(18)10-20-14-4-2-3-11(16)9-14/h2-9H,10H2,1H3,(H,17,18). The number of benzene rings is 2. The summed E-state index contributed by atoms with van der Waals surface area (Å²) in [6, 6.07) is 14.7. The Labute approximate surface area is 131 Å². The number of hydrogen-bond acceptors (Lipinski definition) is 3. The van der Waals surface area contributed by atoms with Crippen molar-refractivity contribution >= 4 is 34.2 Å². The summed E-state index contributed by atoms with van der Waals surface area (Å²) in [5, 5.41) is 2.76. The number of carbonyl (C=O) groups excluding carboxylic acids is 1. The van der Waals surface area contributed by atoms with Gasteiger partial charge < -0.3 is 14.8 Å². The second-order valence-electron chi connectivity index (χ2n) is 4.02. The first kappa shape index (κ1) is 14.6. The molecule has 0 saturated carbocycles. The summed E-state index contributed by atoms with van der Waals surface area (Å²) in [6.07, 6.45) is 0. The Balaban J connectivity index is 1.85. The van der Waals surface area contributed by atoms with E-state index >= 15 is 0 Å². The fraction of sp³-hybridized carbons (Fsp3) is 0.133. The number of hydrogen-bond donors (Lipinski definition) is 1. The van der Waals surface area contributed by atoms with Crippen molar-refractivity contribution in [3.8, 4) is 11.5 Å².